The van der Waals surface area contributed by atoms with Crippen molar-refractivity contribution in [2.24, 2.45) is 0 Å². The molecular weight excluding hydrogens is 316 g/mol. The Bertz CT molecular complexity index is 589. The molecule has 0 amide bonds. The van der Waals surface area contributed by atoms with E-state index in [1.54, 1.807) is 48.5 Å². The van der Waals surface area contributed by atoms with Gasteiger partial charge in [-0.1, -0.05) is 43.7 Å². The summed E-state index contributed by atoms with van der Waals surface area (Å²) in [5, 5.41) is 4.08. The first kappa shape index (κ1) is 22.6. The standard InChI is InChI=1S/C8H10O2S.C4H4S.C3H4O.C2H6/c1-7-3-5-8(6-4-7)11(2,9)10;1-2-4-5-3-1;1-2-3-4;1-2/h3-6H,1-2H3;1-4H;2H,1H3;1-2H3. The molecule has 0 aliphatic rings. The van der Waals surface area contributed by atoms with Crippen LogP contribution in [0.25, 0.3) is 0 Å². The van der Waals surface area contributed by atoms with Crippen LogP contribution in [0.4, 0.5) is 0 Å². The molecule has 122 valence electrons. The topological polar surface area (TPSA) is 51.2 Å². The normalized spacial score (nSPS) is 8.59. The molecule has 1 aromatic carbocycles. The predicted octanol–water partition coefficient (Wildman–Crippen LogP) is 4.57. The van der Waals surface area contributed by atoms with Crippen molar-refractivity contribution in [3.63, 3.8) is 0 Å². The molecule has 0 unspecified atom stereocenters. The summed E-state index contributed by atoms with van der Waals surface area (Å²) in [5.41, 5.74) is 1.07. The molecule has 2 aromatic rings. The van der Waals surface area contributed by atoms with Gasteiger partial charge in [-0.3, -0.25) is 0 Å². The van der Waals surface area contributed by atoms with Crippen LogP contribution < -0.4 is 0 Å². The quantitative estimate of drug-likeness (QED) is 0.715. The highest BCUT2D eigenvalue weighted by Gasteiger charge is 2.04. The third-order valence-electron chi connectivity index (χ3n) is 1.99. The highest BCUT2D eigenvalue weighted by atomic mass is 32.2. The van der Waals surface area contributed by atoms with E-state index < -0.39 is 9.84 Å². The Morgan fingerprint density at radius 3 is 1.68 bits per heavy atom. The summed E-state index contributed by atoms with van der Waals surface area (Å²) in [6.07, 6.45) is 2.53. The van der Waals surface area contributed by atoms with E-state index in [4.69, 9.17) is 4.79 Å². The fourth-order valence-corrected chi connectivity index (χ4v) is 2.10. The Balaban J connectivity index is 0. The third kappa shape index (κ3) is 13.3. The summed E-state index contributed by atoms with van der Waals surface area (Å²) in [5.74, 6) is 1.56. The van der Waals surface area contributed by atoms with E-state index in [-0.39, 0.29) is 0 Å². The van der Waals surface area contributed by atoms with Gasteiger partial charge in [0.25, 0.3) is 0 Å². The molecule has 0 aliphatic heterocycles. The lowest BCUT2D eigenvalue weighted by molar-refractivity contribution is 0.568. The highest BCUT2D eigenvalue weighted by Crippen LogP contribution is 2.08. The number of rotatable bonds is 1. The summed E-state index contributed by atoms with van der Waals surface area (Å²) in [7, 11) is -3.02. The zero-order valence-electron chi connectivity index (χ0n) is 13.7. The fourth-order valence-electron chi connectivity index (χ4n) is 1.01. The van der Waals surface area contributed by atoms with Crippen LogP contribution in [0, 0.1) is 6.92 Å². The molecule has 1 heterocycles. The number of aryl methyl sites for hydroxylation is 1. The fraction of sp³-hybridized carbons (Fsp3) is 0.294. The maximum atomic E-state index is 10.9. The average molecular weight is 341 g/mol. The third-order valence-corrected chi connectivity index (χ3v) is 3.75. The van der Waals surface area contributed by atoms with Gasteiger partial charge in [0.05, 0.1) is 4.90 Å². The minimum absolute atomic E-state index is 0.378. The molecule has 0 N–H and O–H groups in total. The van der Waals surface area contributed by atoms with Gasteiger partial charge in [0, 0.05) is 6.26 Å². The van der Waals surface area contributed by atoms with E-state index in [1.807, 2.05) is 43.7 Å². The Morgan fingerprint density at radius 1 is 1.05 bits per heavy atom. The van der Waals surface area contributed by atoms with Crippen molar-refractivity contribution in [3.8, 4) is 0 Å². The number of benzene rings is 1. The molecule has 3 nitrogen and oxygen atoms in total. The van der Waals surface area contributed by atoms with Gasteiger partial charge < -0.3 is 0 Å². The molecule has 2 rings (SSSR count). The van der Waals surface area contributed by atoms with Crippen LogP contribution in [-0.2, 0) is 14.6 Å². The van der Waals surface area contributed by atoms with Crippen LogP contribution in [0.5, 0.6) is 0 Å². The van der Waals surface area contributed by atoms with Gasteiger partial charge in [-0.25, -0.2) is 13.2 Å². The van der Waals surface area contributed by atoms with Gasteiger partial charge in [0.1, 0.15) is 5.94 Å². The molecule has 22 heavy (non-hydrogen) atoms. The second-order valence-electron chi connectivity index (χ2n) is 3.78. The summed E-state index contributed by atoms with van der Waals surface area (Å²) in [4.78, 5) is 9.37. The lowest BCUT2D eigenvalue weighted by Crippen LogP contribution is -1.95. The Labute approximate surface area is 138 Å². The molecule has 5 heteroatoms. The predicted molar refractivity (Wildman–Crippen MR) is 95.9 cm³/mol. The van der Waals surface area contributed by atoms with Gasteiger partial charge in [0.15, 0.2) is 9.84 Å². The lowest BCUT2D eigenvalue weighted by atomic mass is 10.2. The largest absolute Gasteiger partial charge is 0.234 e. The van der Waals surface area contributed by atoms with Gasteiger partial charge in [0.2, 0.25) is 0 Å². The number of thiophene rings is 1. The number of hydrogen-bond acceptors (Lipinski definition) is 4. The van der Waals surface area contributed by atoms with E-state index in [1.165, 1.54) is 12.3 Å². The highest BCUT2D eigenvalue weighted by molar-refractivity contribution is 7.90. The molecule has 0 radical (unpaired) electrons. The number of allylic oxidation sites excluding steroid dienone is 1. The van der Waals surface area contributed by atoms with Crippen LogP contribution in [0.1, 0.15) is 26.3 Å². The van der Waals surface area contributed by atoms with Gasteiger partial charge >= 0.3 is 0 Å². The van der Waals surface area contributed by atoms with Crippen molar-refractivity contribution in [1.29, 1.82) is 0 Å². The lowest BCUT2D eigenvalue weighted by Gasteiger charge is -1.96. The van der Waals surface area contributed by atoms with Gasteiger partial charge in [-0.2, -0.15) is 11.3 Å². The first-order valence-electron chi connectivity index (χ1n) is 6.81. The van der Waals surface area contributed by atoms with Crippen LogP contribution >= 0.6 is 11.3 Å². The maximum absolute atomic E-state index is 10.9. The van der Waals surface area contributed by atoms with E-state index in [2.05, 4.69) is 0 Å². The van der Waals surface area contributed by atoms with E-state index in [9.17, 15) is 8.42 Å². The minimum Gasteiger partial charge on any atom is -0.234 e. The molecule has 0 saturated heterocycles. The second-order valence-corrected chi connectivity index (χ2v) is 6.62. The first-order chi connectivity index (χ1) is 10.4. The average Bonchev–Trinajstić information content (AvgIpc) is 3.09. The van der Waals surface area contributed by atoms with Crippen molar-refractivity contribution in [3.05, 3.63) is 58.8 Å². The van der Waals surface area contributed by atoms with Crippen LogP contribution in [0.15, 0.2) is 58.1 Å². The zero-order valence-corrected chi connectivity index (χ0v) is 15.4. The summed E-state index contributed by atoms with van der Waals surface area (Å²) < 4.78 is 21.9. The van der Waals surface area contributed by atoms with Crippen LogP contribution in [0.3, 0.4) is 0 Å². The van der Waals surface area contributed by atoms with Gasteiger partial charge in [-0.05, 0) is 42.8 Å². The summed E-state index contributed by atoms with van der Waals surface area (Å²) in [6, 6.07) is 10.8. The number of sulfone groups is 1. The molecule has 1 aromatic heterocycles. The van der Waals surface area contributed by atoms with Crippen LogP contribution in [-0.4, -0.2) is 20.6 Å². The van der Waals surface area contributed by atoms with Crippen molar-refractivity contribution in [2.45, 2.75) is 32.6 Å². The second kappa shape index (κ2) is 14.3. The zero-order chi connectivity index (χ0) is 17.4. The molecule has 0 aliphatic carbocycles. The van der Waals surface area contributed by atoms with Crippen molar-refractivity contribution < 1.29 is 13.2 Å². The number of hydrogen-bond donors (Lipinski definition) is 0. The molecular formula is C17H24O3S2. The molecule has 0 bridgehead atoms. The molecule has 0 saturated carbocycles. The Morgan fingerprint density at radius 2 is 1.45 bits per heavy atom. The molecule has 0 spiro atoms. The van der Waals surface area contributed by atoms with E-state index in [0.717, 1.165) is 5.56 Å². The Kier molecular flexibility index (Phi) is 14.7. The van der Waals surface area contributed by atoms with Crippen molar-refractivity contribution >= 4 is 27.1 Å². The first-order valence-corrected chi connectivity index (χ1v) is 9.64. The van der Waals surface area contributed by atoms with Gasteiger partial charge in [-0.15, -0.1) is 0 Å². The van der Waals surface area contributed by atoms with Crippen LogP contribution in [0.2, 0.25) is 0 Å². The van der Waals surface area contributed by atoms with Crippen molar-refractivity contribution in [2.75, 3.05) is 6.26 Å². The molecule has 0 fully saturated rings. The maximum Gasteiger partial charge on any atom is 0.175 e. The smallest absolute Gasteiger partial charge is 0.175 e. The van der Waals surface area contributed by atoms with E-state index >= 15 is 0 Å². The van der Waals surface area contributed by atoms with Crippen molar-refractivity contribution in [1.82, 2.24) is 0 Å². The SMILES string of the molecule is CC.CC=C=O.Cc1ccc(S(C)(=O)=O)cc1.c1ccsc1. The summed E-state index contributed by atoms with van der Waals surface area (Å²) >= 11 is 1.71. The molecule has 0 atom stereocenters. The Hall–Kier alpha value is -1.68. The monoisotopic (exact) mass is 340 g/mol. The minimum atomic E-state index is -3.02. The number of carbonyl (C=O) groups excluding carboxylic acids is 1. The van der Waals surface area contributed by atoms with E-state index in [0.29, 0.717) is 4.90 Å². The summed E-state index contributed by atoms with van der Waals surface area (Å²) in [6.45, 7) is 7.55.